The van der Waals surface area contributed by atoms with Gasteiger partial charge in [0.05, 0.1) is 25.4 Å². The molecular formula is C16H19F2N3O3. The van der Waals surface area contributed by atoms with Gasteiger partial charge in [0.15, 0.2) is 0 Å². The standard InChI is InChI=1S/C16H19F2N3O3/c1-24-13-5-4-10(7-12(13)21-6-2-3-14(21)22)20-15(23)11-8-16(17,18)9-19-11/h4-5,7,11,19H,2-3,6,8-9H2,1H3,(H,20,23). The van der Waals surface area contributed by atoms with Crippen LogP contribution in [0, 0.1) is 0 Å². The molecule has 8 heteroatoms. The molecule has 2 aliphatic rings. The molecule has 2 aliphatic heterocycles. The van der Waals surface area contributed by atoms with Gasteiger partial charge >= 0.3 is 0 Å². The molecule has 2 fully saturated rings. The molecule has 3 rings (SSSR count). The molecule has 0 radical (unpaired) electrons. The first-order chi connectivity index (χ1) is 11.4. The number of anilines is 2. The van der Waals surface area contributed by atoms with Crippen LogP contribution in [0.2, 0.25) is 0 Å². The Morgan fingerprint density at radius 1 is 1.46 bits per heavy atom. The van der Waals surface area contributed by atoms with Gasteiger partial charge in [0.25, 0.3) is 5.92 Å². The van der Waals surface area contributed by atoms with Gasteiger partial charge in [0.1, 0.15) is 5.75 Å². The Morgan fingerprint density at radius 2 is 2.25 bits per heavy atom. The predicted octanol–water partition coefficient (Wildman–Crippen LogP) is 1.76. The van der Waals surface area contributed by atoms with Crippen molar-refractivity contribution >= 4 is 23.2 Å². The van der Waals surface area contributed by atoms with Crippen LogP contribution in [0.15, 0.2) is 18.2 Å². The zero-order chi connectivity index (χ0) is 17.3. The number of carbonyl (C=O) groups is 2. The van der Waals surface area contributed by atoms with Crippen molar-refractivity contribution in [2.24, 2.45) is 0 Å². The number of hydrogen-bond acceptors (Lipinski definition) is 4. The van der Waals surface area contributed by atoms with E-state index in [0.717, 1.165) is 6.42 Å². The minimum absolute atomic E-state index is 0.00567. The van der Waals surface area contributed by atoms with E-state index < -0.39 is 30.8 Å². The van der Waals surface area contributed by atoms with E-state index in [1.807, 2.05) is 0 Å². The van der Waals surface area contributed by atoms with Gasteiger partial charge in [-0.2, -0.15) is 0 Å². The monoisotopic (exact) mass is 339 g/mol. The first-order valence-corrected chi connectivity index (χ1v) is 7.80. The van der Waals surface area contributed by atoms with Crippen molar-refractivity contribution in [3.05, 3.63) is 18.2 Å². The van der Waals surface area contributed by atoms with E-state index in [4.69, 9.17) is 4.74 Å². The van der Waals surface area contributed by atoms with Crippen molar-refractivity contribution in [2.75, 3.05) is 30.4 Å². The van der Waals surface area contributed by atoms with Crippen LogP contribution >= 0.6 is 0 Å². The van der Waals surface area contributed by atoms with E-state index in [1.165, 1.54) is 7.11 Å². The van der Waals surface area contributed by atoms with Crippen molar-refractivity contribution in [1.29, 1.82) is 0 Å². The fourth-order valence-corrected chi connectivity index (χ4v) is 3.01. The molecule has 0 aromatic heterocycles. The normalized spacial score (nSPS) is 22.7. The van der Waals surface area contributed by atoms with E-state index in [1.54, 1.807) is 23.1 Å². The van der Waals surface area contributed by atoms with E-state index in [0.29, 0.717) is 30.1 Å². The van der Waals surface area contributed by atoms with E-state index in [-0.39, 0.29) is 5.91 Å². The summed E-state index contributed by atoms with van der Waals surface area (Å²) in [5.41, 5.74) is 1.01. The zero-order valence-corrected chi connectivity index (χ0v) is 13.3. The molecule has 0 aliphatic carbocycles. The zero-order valence-electron chi connectivity index (χ0n) is 13.3. The number of nitrogens with one attached hydrogen (secondary N) is 2. The Balaban J connectivity index is 1.77. The van der Waals surface area contributed by atoms with Gasteiger partial charge in [-0.15, -0.1) is 0 Å². The molecule has 2 saturated heterocycles. The van der Waals surface area contributed by atoms with Crippen molar-refractivity contribution < 1.29 is 23.1 Å². The Morgan fingerprint density at radius 3 is 2.83 bits per heavy atom. The van der Waals surface area contributed by atoms with Gasteiger partial charge in [-0.05, 0) is 24.6 Å². The summed E-state index contributed by atoms with van der Waals surface area (Å²) in [5, 5.41) is 5.14. The molecule has 1 aromatic carbocycles. The minimum Gasteiger partial charge on any atom is -0.495 e. The smallest absolute Gasteiger partial charge is 0.262 e. The fraction of sp³-hybridized carbons (Fsp3) is 0.500. The summed E-state index contributed by atoms with van der Waals surface area (Å²) in [7, 11) is 1.50. The second-order valence-electron chi connectivity index (χ2n) is 6.02. The highest BCUT2D eigenvalue weighted by molar-refractivity contribution is 5.99. The van der Waals surface area contributed by atoms with Gasteiger partial charge in [-0.3, -0.25) is 14.9 Å². The molecule has 6 nitrogen and oxygen atoms in total. The van der Waals surface area contributed by atoms with Crippen molar-refractivity contribution in [3.8, 4) is 5.75 Å². The van der Waals surface area contributed by atoms with E-state index in [2.05, 4.69) is 10.6 Å². The lowest BCUT2D eigenvalue weighted by Gasteiger charge is -2.20. The number of benzene rings is 1. The quantitative estimate of drug-likeness (QED) is 0.877. The second-order valence-corrected chi connectivity index (χ2v) is 6.02. The van der Waals surface area contributed by atoms with Crippen LogP contribution in [0.4, 0.5) is 20.2 Å². The molecule has 1 unspecified atom stereocenters. The Kier molecular flexibility index (Phi) is 4.40. The Labute approximate surface area is 138 Å². The third kappa shape index (κ3) is 3.33. The third-order valence-electron chi connectivity index (χ3n) is 4.24. The average molecular weight is 339 g/mol. The van der Waals surface area contributed by atoms with Gasteiger partial charge < -0.3 is 15.0 Å². The summed E-state index contributed by atoms with van der Waals surface area (Å²) in [6, 6.07) is 3.97. The lowest BCUT2D eigenvalue weighted by molar-refractivity contribution is -0.118. The van der Waals surface area contributed by atoms with Crippen LogP contribution in [0.1, 0.15) is 19.3 Å². The minimum atomic E-state index is -2.87. The maximum absolute atomic E-state index is 13.2. The maximum Gasteiger partial charge on any atom is 0.262 e. The number of hydrogen-bond donors (Lipinski definition) is 2. The molecule has 2 N–H and O–H groups in total. The highest BCUT2D eigenvalue weighted by Gasteiger charge is 2.42. The van der Waals surface area contributed by atoms with Crippen molar-refractivity contribution in [1.82, 2.24) is 5.32 Å². The molecule has 2 heterocycles. The van der Waals surface area contributed by atoms with Gasteiger partial charge in [0.2, 0.25) is 11.8 Å². The lowest BCUT2D eigenvalue weighted by Crippen LogP contribution is -2.35. The largest absolute Gasteiger partial charge is 0.495 e. The first-order valence-electron chi connectivity index (χ1n) is 7.80. The maximum atomic E-state index is 13.2. The molecular weight excluding hydrogens is 320 g/mol. The van der Waals surface area contributed by atoms with Gasteiger partial charge in [-0.1, -0.05) is 0 Å². The highest BCUT2D eigenvalue weighted by atomic mass is 19.3. The average Bonchev–Trinajstić information content (AvgIpc) is 3.12. The number of carbonyl (C=O) groups excluding carboxylic acids is 2. The highest BCUT2D eigenvalue weighted by Crippen LogP contribution is 2.34. The topological polar surface area (TPSA) is 70.7 Å². The summed E-state index contributed by atoms with van der Waals surface area (Å²) in [4.78, 5) is 25.7. The van der Waals surface area contributed by atoms with Crippen LogP contribution in [0.3, 0.4) is 0 Å². The fourth-order valence-electron chi connectivity index (χ4n) is 3.01. The molecule has 24 heavy (non-hydrogen) atoms. The number of alkyl halides is 2. The van der Waals surface area contributed by atoms with Gasteiger partial charge in [0, 0.05) is 25.1 Å². The van der Waals surface area contributed by atoms with Crippen LogP contribution in [0.25, 0.3) is 0 Å². The van der Waals surface area contributed by atoms with E-state index >= 15 is 0 Å². The number of methoxy groups -OCH3 is 1. The Bertz CT molecular complexity index is 666. The van der Waals surface area contributed by atoms with Crippen molar-refractivity contribution in [3.63, 3.8) is 0 Å². The predicted molar refractivity (Wildman–Crippen MR) is 84.6 cm³/mol. The molecule has 1 atom stereocenters. The van der Waals surface area contributed by atoms with E-state index in [9.17, 15) is 18.4 Å². The number of ether oxygens (including phenoxy) is 1. The third-order valence-corrected chi connectivity index (χ3v) is 4.24. The molecule has 1 aromatic rings. The first kappa shape index (κ1) is 16.6. The molecule has 130 valence electrons. The van der Waals surface area contributed by atoms with Crippen LogP contribution < -0.4 is 20.3 Å². The number of amides is 2. The van der Waals surface area contributed by atoms with Crippen molar-refractivity contribution in [2.45, 2.75) is 31.2 Å². The second kappa shape index (κ2) is 6.35. The summed E-state index contributed by atoms with van der Waals surface area (Å²) < 4.78 is 31.7. The van der Waals surface area contributed by atoms with Gasteiger partial charge in [-0.25, -0.2) is 8.78 Å². The Hall–Kier alpha value is -2.22. The number of nitrogens with zero attached hydrogens (tertiary/aromatic N) is 1. The SMILES string of the molecule is COc1ccc(NC(=O)C2CC(F)(F)CN2)cc1N1CCCC1=O. The molecule has 0 bridgehead atoms. The van der Waals surface area contributed by atoms with Crippen LogP contribution in [-0.4, -0.2) is 44.0 Å². The number of rotatable bonds is 4. The van der Waals surface area contributed by atoms with Crippen LogP contribution in [0.5, 0.6) is 5.75 Å². The summed E-state index contributed by atoms with van der Waals surface area (Å²) in [6.07, 6.45) is 0.715. The summed E-state index contributed by atoms with van der Waals surface area (Å²) in [6.45, 7) is 0.0875. The summed E-state index contributed by atoms with van der Waals surface area (Å²) >= 11 is 0. The lowest BCUT2D eigenvalue weighted by atomic mass is 10.1. The number of halogens is 2. The van der Waals surface area contributed by atoms with Crippen LogP contribution in [-0.2, 0) is 9.59 Å². The molecule has 2 amide bonds. The molecule has 0 spiro atoms. The summed E-state index contributed by atoms with van der Waals surface area (Å²) in [5.74, 6) is -2.87. The molecule has 0 saturated carbocycles.